The van der Waals surface area contributed by atoms with E-state index in [0.717, 1.165) is 15.7 Å². The molecule has 160 valence electrons. The second-order valence-corrected chi connectivity index (χ2v) is 8.34. The summed E-state index contributed by atoms with van der Waals surface area (Å²) < 4.78 is 0.934. The van der Waals surface area contributed by atoms with Crippen molar-refractivity contribution in [3.63, 3.8) is 0 Å². The third-order valence-electron chi connectivity index (χ3n) is 4.22. The number of aryl methyl sites for hydroxylation is 1. The standard InChI is InChI=1S/C21H24BrClN4O3/c1-14-10-15(22)4-9-18(14)25-19(28)11-26(2)13-21(30)27(3)12-20(29)24-17-7-5-16(23)6-8-17/h4-10H,11-13H2,1-3H3,(H,24,29)(H,25,28). The van der Waals surface area contributed by atoms with Crippen molar-refractivity contribution >= 4 is 56.6 Å². The molecule has 7 nitrogen and oxygen atoms in total. The maximum Gasteiger partial charge on any atom is 0.243 e. The van der Waals surface area contributed by atoms with Gasteiger partial charge >= 0.3 is 0 Å². The zero-order chi connectivity index (χ0) is 22.3. The minimum atomic E-state index is -0.320. The van der Waals surface area contributed by atoms with E-state index >= 15 is 0 Å². The molecule has 0 radical (unpaired) electrons. The van der Waals surface area contributed by atoms with Crippen LogP contribution in [0.5, 0.6) is 0 Å². The topological polar surface area (TPSA) is 81.8 Å². The molecular formula is C21H24BrClN4O3. The molecule has 2 rings (SSSR count). The average Bonchev–Trinajstić information content (AvgIpc) is 2.65. The largest absolute Gasteiger partial charge is 0.335 e. The molecule has 2 N–H and O–H groups in total. The first-order valence-electron chi connectivity index (χ1n) is 9.18. The summed E-state index contributed by atoms with van der Waals surface area (Å²) in [6, 6.07) is 12.3. The minimum absolute atomic E-state index is 0.0114. The zero-order valence-corrected chi connectivity index (χ0v) is 19.4. The van der Waals surface area contributed by atoms with Gasteiger partial charge in [-0.1, -0.05) is 27.5 Å². The molecule has 0 heterocycles. The van der Waals surface area contributed by atoms with Crippen LogP contribution in [0.1, 0.15) is 5.56 Å². The van der Waals surface area contributed by atoms with E-state index in [1.54, 1.807) is 43.3 Å². The number of rotatable bonds is 8. The number of amides is 3. The highest BCUT2D eigenvalue weighted by Gasteiger charge is 2.17. The van der Waals surface area contributed by atoms with E-state index in [1.807, 2.05) is 25.1 Å². The molecule has 2 aromatic rings. The van der Waals surface area contributed by atoms with Gasteiger partial charge in [-0.05, 0) is 62.0 Å². The van der Waals surface area contributed by atoms with E-state index < -0.39 is 0 Å². The molecule has 0 aliphatic heterocycles. The van der Waals surface area contributed by atoms with Crippen LogP contribution in [0.2, 0.25) is 5.02 Å². The van der Waals surface area contributed by atoms with Crippen molar-refractivity contribution in [2.24, 2.45) is 0 Å². The number of anilines is 2. The summed E-state index contributed by atoms with van der Waals surface area (Å²) in [4.78, 5) is 39.7. The van der Waals surface area contributed by atoms with Crippen LogP contribution in [0.15, 0.2) is 46.9 Å². The van der Waals surface area contributed by atoms with Gasteiger partial charge in [0.1, 0.15) is 0 Å². The van der Waals surface area contributed by atoms with Gasteiger partial charge in [-0.3, -0.25) is 19.3 Å². The van der Waals surface area contributed by atoms with Crippen molar-refractivity contribution in [2.45, 2.75) is 6.92 Å². The second-order valence-electron chi connectivity index (χ2n) is 6.98. The minimum Gasteiger partial charge on any atom is -0.335 e. The predicted octanol–water partition coefficient (Wildman–Crippen LogP) is 3.38. The molecule has 0 saturated heterocycles. The lowest BCUT2D eigenvalue weighted by Gasteiger charge is -2.21. The Bertz CT molecular complexity index is 921. The molecule has 0 aliphatic rings. The maximum absolute atomic E-state index is 12.4. The molecular weight excluding hydrogens is 472 g/mol. The molecule has 3 amide bonds. The van der Waals surface area contributed by atoms with Gasteiger partial charge in [0.2, 0.25) is 17.7 Å². The SMILES string of the molecule is Cc1cc(Br)ccc1NC(=O)CN(C)CC(=O)N(C)CC(=O)Nc1ccc(Cl)cc1. The molecule has 0 spiro atoms. The third kappa shape index (κ3) is 7.78. The lowest BCUT2D eigenvalue weighted by Crippen LogP contribution is -2.42. The zero-order valence-electron chi connectivity index (χ0n) is 17.0. The highest BCUT2D eigenvalue weighted by molar-refractivity contribution is 9.10. The molecule has 9 heteroatoms. The van der Waals surface area contributed by atoms with Gasteiger partial charge in [-0.2, -0.15) is 0 Å². The van der Waals surface area contributed by atoms with Crippen molar-refractivity contribution in [1.82, 2.24) is 9.80 Å². The summed E-state index contributed by atoms with van der Waals surface area (Å²) in [7, 11) is 3.22. The molecule has 0 bridgehead atoms. The van der Waals surface area contributed by atoms with Crippen LogP contribution in [0.3, 0.4) is 0 Å². The number of nitrogens with one attached hydrogen (secondary N) is 2. The summed E-state index contributed by atoms with van der Waals surface area (Å²) >= 11 is 9.20. The summed E-state index contributed by atoms with van der Waals surface area (Å²) in [5, 5.41) is 6.11. The van der Waals surface area contributed by atoms with Gasteiger partial charge in [0.25, 0.3) is 0 Å². The molecule has 0 saturated carbocycles. The van der Waals surface area contributed by atoms with Crippen LogP contribution >= 0.6 is 27.5 Å². The van der Waals surface area contributed by atoms with E-state index in [2.05, 4.69) is 26.6 Å². The first-order valence-corrected chi connectivity index (χ1v) is 10.3. The maximum atomic E-state index is 12.4. The van der Waals surface area contributed by atoms with Gasteiger partial charge in [-0.25, -0.2) is 0 Å². The van der Waals surface area contributed by atoms with Crippen molar-refractivity contribution in [3.05, 3.63) is 57.5 Å². The highest BCUT2D eigenvalue weighted by Crippen LogP contribution is 2.20. The lowest BCUT2D eigenvalue weighted by atomic mass is 10.2. The van der Waals surface area contributed by atoms with Gasteiger partial charge < -0.3 is 15.5 Å². The number of nitrogens with zero attached hydrogens (tertiary/aromatic N) is 2. The van der Waals surface area contributed by atoms with Crippen LogP contribution in [0.25, 0.3) is 0 Å². The van der Waals surface area contributed by atoms with Crippen LogP contribution in [-0.2, 0) is 14.4 Å². The van der Waals surface area contributed by atoms with E-state index in [-0.39, 0.29) is 37.4 Å². The molecule has 0 aromatic heterocycles. The number of benzene rings is 2. The van der Waals surface area contributed by atoms with E-state index in [4.69, 9.17) is 11.6 Å². The third-order valence-corrected chi connectivity index (χ3v) is 4.96. The average molecular weight is 496 g/mol. The van der Waals surface area contributed by atoms with Crippen LogP contribution in [0.4, 0.5) is 11.4 Å². The Morgan fingerprint density at radius 2 is 1.57 bits per heavy atom. The van der Waals surface area contributed by atoms with Crippen LogP contribution in [0, 0.1) is 6.92 Å². The Morgan fingerprint density at radius 1 is 0.933 bits per heavy atom. The van der Waals surface area contributed by atoms with E-state index in [0.29, 0.717) is 10.7 Å². The second kappa shape index (κ2) is 11.1. The molecule has 30 heavy (non-hydrogen) atoms. The van der Waals surface area contributed by atoms with Gasteiger partial charge in [0.15, 0.2) is 0 Å². The molecule has 0 aliphatic carbocycles. The first-order chi connectivity index (χ1) is 14.1. The van der Waals surface area contributed by atoms with E-state index in [9.17, 15) is 14.4 Å². The molecule has 0 unspecified atom stereocenters. The van der Waals surface area contributed by atoms with Gasteiger partial charge in [0.05, 0.1) is 19.6 Å². The van der Waals surface area contributed by atoms with Crippen LogP contribution in [-0.4, -0.2) is 61.3 Å². The first kappa shape index (κ1) is 23.9. The summed E-state index contributed by atoms with van der Waals surface area (Å²) in [5.74, 6) is -0.811. The van der Waals surface area contributed by atoms with Gasteiger partial charge in [-0.15, -0.1) is 0 Å². The fraction of sp³-hybridized carbons (Fsp3) is 0.286. The molecule has 0 atom stereocenters. The Balaban J connectivity index is 1.78. The van der Waals surface area contributed by atoms with Crippen LogP contribution < -0.4 is 10.6 Å². The van der Waals surface area contributed by atoms with Crippen molar-refractivity contribution in [3.8, 4) is 0 Å². The quantitative estimate of drug-likeness (QED) is 0.588. The van der Waals surface area contributed by atoms with Crippen molar-refractivity contribution in [1.29, 1.82) is 0 Å². The monoisotopic (exact) mass is 494 g/mol. The summed E-state index contributed by atoms with van der Waals surface area (Å²) in [6.45, 7) is 1.86. The number of likely N-dealkylation sites (N-methyl/N-ethyl adjacent to an activating group) is 2. The molecule has 2 aromatic carbocycles. The molecule has 0 fully saturated rings. The fourth-order valence-corrected chi connectivity index (χ4v) is 3.25. The number of hydrogen-bond acceptors (Lipinski definition) is 4. The predicted molar refractivity (Wildman–Crippen MR) is 123 cm³/mol. The highest BCUT2D eigenvalue weighted by atomic mass is 79.9. The Kier molecular flexibility index (Phi) is 8.83. The van der Waals surface area contributed by atoms with Gasteiger partial charge in [0, 0.05) is 27.9 Å². The Morgan fingerprint density at radius 3 is 2.20 bits per heavy atom. The Hall–Kier alpha value is -2.42. The Labute approximate surface area is 189 Å². The number of carbonyl (C=O) groups excluding carboxylic acids is 3. The number of halogens is 2. The number of carbonyl (C=O) groups is 3. The normalized spacial score (nSPS) is 10.6. The smallest absolute Gasteiger partial charge is 0.243 e. The van der Waals surface area contributed by atoms with Crippen molar-refractivity contribution < 1.29 is 14.4 Å². The number of hydrogen-bond donors (Lipinski definition) is 2. The summed E-state index contributed by atoms with van der Waals surface area (Å²) in [5.41, 5.74) is 2.25. The van der Waals surface area contributed by atoms with Crippen molar-refractivity contribution in [2.75, 3.05) is 44.4 Å². The summed E-state index contributed by atoms with van der Waals surface area (Å²) in [6.07, 6.45) is 0. The van der Waals surface area contributed by atoms with E-state index in [1.165, 1.54) is 4.90 Å². The lowest BCUT2D eigenvalue weighted by molar-refractivity contribution is -0.134. The fourth-order valence-electron chi connectivity index (χ4n) is 2.65.